The average molecular weight is 531 g/mol. The number of hydrogen-bond donors (Lipinski definition) is 1. The Hall–Kier alpha value is -4.63. The summed E-state index contributed by atoms with van der Waals surface area (Å²) in [7, 11) is -2.82. The Bertz CT molecular complexity index is 1520. The quantitative estimate of drug-likeness (QED) is 0.291. The lowest BCUT2D eigenvalue weighted by Gasteiger charge is -2.24. The van der Waals surface area contributed by atoms with Crippen molar-refractivity contribution in [3.63, 3.8) is 0 Å². The molecule has 0 aliphatic rings. The van der Waals surface area contributed by atoms with Gasteiger partial charge in [-0.3, -0.25) is 9.10 Å². The third kappa shape index (κ3) is 6.19. The molecule has 0 saturated heterocycles. The van der Waals surface area contributed by atoms with Gasteiger partial charge in [-0.25, -0.2) is 13.2 Å². The van der Waals surface area contributed by atoms with Gasteiger partial charge in [0.25, 0.3) is 10.0 Å². The van der Waals surface area contributed by atoms with Crippen molar-refractivity contribution in [3.8, 4) is 11.5 Å². The smallest absolute Gasteiger partial charge is 0.337 e. The number of methoxy groups -OCH3 is 1. The average Bonchev–Trinajstić information content (AvgIpc) is 2.94. The molecule has 0 aromatic heterocycles. The van der Waals surface area contributed by atoms with Crippen molar-refractivity contribution in [2.75, 3.05) is 23.3 Å². The minimum absolute atomic E-state index is 0.0429. The van der Waals surface area contributed by atoms with E-state index in [2.05, 4.69) is 5.32 Å². The van der Waals surface area contributed by atoms with Crippen LogP contribution in [0.1, 0.15) is 15.9 Å². The third-order valence-electron chi connectivity index (χ3n) is 5.65. The van der Waals surface area contributed by atoms with E-state index in [0.29, 0.717) is 22.7 Å². The van der Waals surface area contributed by atoms with E-state index in [1.54, 1.807) is 61.5 Å². The number of carbonyl (C=O) groups excluding carboxylic acids is 2. The van der Waals surface area contributed by atoms with Gasteiger partial charge < -0.3 is 14.8 Å². The first-order valence-electron chi connectivity index (χ1n) is 11.7. The number of aryl methyl sites for hydroxylation is 1. The highest BCUT2D eigenvalue weighted by molar-refractivity contribution is 7.92. The van der Waals surface area contributed by atoms with Crippen LogP contribution in [0.25, 0.3) is 0 Å². The second-order valence-electron chi connectivity index (χ2n) is 8.30. The number of ether oxygens (including phenoxy) is 2. The molecular weight excluding hydrogens is 504 g/mol. The van der Waals surface area contributed by atoms with E-state index in [0.717, 1.165) is 4.31 Å². The highest BCUT2D eigenvalue weighted by Crippen LogP contribution is 2.28. The molecule has 4 rings (SSSR count). The van der Waals surface area contributed by atoms with Crippen LogP contribution in [0.5, 0.6) is 11.5 Å². The second-order valence-corrected chi connectivity index (χ2v) is 10.2. The molecule has 0 fully saturated rings. The van der Waals surface area contributed by atoms with Gasteiger partial charge >= 0.3 is 5.97 Å². The highest BCUT2D eigenvalue weighted by atomic mass is 32.2. The molecule has 4 aromatic rings. The number of amides is 1. The minimum Gasteiger partial charge on any atom is -0.465 e. The van der Waals surface area contributed by atoms with Crippen LogP contribution in [0, 0.1) is 6.92 Å². The molecule has 4 aromatic carbocycles. The summed E-state index contributed by atoms with van der Waals surface area (Å²) in [4.78, 5) is 25.1. The fraction of sp³-hybridized carbons (Fsp3) is 0.103. The van der Waals surface area contributed by atoms with Crippen molar-refractivity contribution in [1.82, 2.24) is 0 Å². The monoisotopic (exact) mass is 530 g/mol. The van der Waals surface area contributed by atoms with Crippen LogP contribution in [-0.2, 0) is 19.6 Å². The lowest BCUT2D eigenvalue weighted by Crippen LogP contribution is -2.38. The number of rotatable bonds is 9. The predicted octanol–water partition coefficient (Wildman–Crippen LogP) is 5.41. The summed E-state index contributed by atoms with van der Waals surface area (Å²) >= 11 is 0. The summed E-state index contributed by atoms with van der Waals surface area (Å²) in [5.41, 5.74) is 1.62. The van der Waals surface area contributed by atoms with Crippen LogP contribution >= 0.6 is 0 Å². The van der Waals surface area contributed by atoms with Gasteiger partial charge in [-0.05, 0) is 73.2 Å². The van der Waals surface area contributed by atoms with Gasteiger partial charge in [0, 0.05) is 5.69 Å². The molecule has 8 nitrogen and oxygen atoms in total. The van der Waals surface area contributed by atoms with E-state index >= 15 is 0 Å². The molecule has 0 aliphatic carbocycles. The normalized spacial score (nSPS) is 10.9. The molecule has 38 heavy (non-hydrogen) atoms. The van der Waals surface area contributed by atoms with Crippen molar-refractivity contribution in [2.24, 2.45) is 0 Å². The molecule has 1 N–H and O–H groups in total. The number of sulfonamides is 1. The molecule has 0 unspecified atom stereocenters. The Morgan fingerprint density at radius 2 is 1.42 bits per heavy atom. The minimum atomic E-state index is -4.09. The molecule has 0 spiro atoms. The maximum atomic E-state index is 13.6. The van der Waals surface area contributed by atoms with Crippen molar-refractivity contribution < 1.29 is 27.5 Å². The van der Waals surface area contributed by atoms with Crippen LogP contribution in [0.15, 0.2) is 108 Å². The molecule has 0 saturated carbocycles. The number of hydrogen-bond acceptors (Lipinski definition) is 6. The fourth-order valence-electron chi connectivity index (χ4n) is 3.66. The Morgan fingerprint density at radius 1 is 0.816 bits per heavy atom. The standard InChI is InChI=1S/C29H26N2O6S/c1-21-13-14-22(29(33)36-2)19-27(21)30-28(32)20-31(38(34,35)26-11-7-4-8-12-26)23-15-17-25(18-16-23)37-24-9-5-3-6-10-24/h3-19H,20H2,1-2H3,(H,30,32). The summed E-state index contributed by atoms with van der Waals surface area (Å²) in [5.74, 6) is 0.0143. The van der Waals surface area contributed by atoms with Gasteiger partial charge in [0.1, 0.15) is 18.0 Å². The van der Waals surface area contributed by atoms with Crippen molar-refractivity contribution >= 4 is 33.3 Å². The SMILES string of the molecule is COC(=O)c1ccc(C)c(NC(=O)CN(c2ccc(Oc3ccccc3)cc2)S(=O)(=O)c2ccccc2)c1. The Balaban J connectivity index is 1.62. The summed E-state index contributed by atoms with van der Waals surface area (Å²) in [6.07, 6.45) is 0. The lowest BCUT2D eigenvalue weighted by atomic mass is 10.1. The zero-order valence-corrected chi connectivity index (χ0v) is 21.6. The first kappa shape index (κ1) is 26.4. The molecule has 9 heteroatoms. The fourth-order valence-corrected chi connectivity index (χ4v) is 5.10. The summed E-state index contributed by atoms with van der Waals surface area (Å²) in [5, 5.41) is 2.72. The van der Waals surface area contributed by atoms with Crippen molar-refractivity contribution in [1.29, 1.82) is 0 Å². The van der Waals surface area contributed by atoms with Crippen LogP contribution in [0.2, 0.25) is 0 Å². The molecule has 0 heterocycles. The number of para-hydroxylation sites is 1. The molecule has 194 valence electrons. The topological polar surface area (TPSA) is 102 Å². The molecule has 0 bridgehead atoms. The summed E-state index contributed by atoms with van der Waals surface area (Å²) in [6.45, 7) is 1.26. The number of nitrogens with one attached hydrogen (secondary N) is 1. The summed E-state index contributed by atoms with van der Waals surface area (Å²) < 4.78 is 38.8. The molecule has 0 radical (unpaired) electrons. The number of benzene rings is 4. The van der Waals surface area contributed by atoms with E-state index in [4.69, 9.17) is 9.47 Å². The van der Waals surface area contributed by atoms with Crippen LogP contribution in [0.3, 0.4) is 0 Å². The first-order valence-corrected chi connectivity index (χ1v) is 13.1. The first-order chi connectivity index (χ1) is 18.3. The van der Waals surface area contributed by atoms with Gasteiger partial charge in [0.05, 0.1) is 23.3 Å². The Labute approximate surface area is 221 Å². The van der Waals surface area contributed by atoms with E-state index in [-0.39, 0.29) is 16.1 Å². The zero-order valence-electron chi connectivity index (χ0n) is 20.8. The predicted molar refractivity (Wildman–Crippen MR) is 145 cm³/mol. The second kappa shape index (κ2) is 11.6. The lowest BCUT2D eigenvalue weighted by molar-refractivity contribution is -0.114. The van der Waals surface area contributed by atoms with Gasteiger partial charge in [-0.15, -0.1) is 0 Å². The maximum Gasteiger partial charge on any atom is 0.337 e. The van der Waals surface area contributed by atoms with Crippen molar-refractivity contribution in [2.45, 2.75) is 11.8 Å². The molecule has 0 atom stereocenters. The van der Waals surface area contributed by atoms with Crippen LogP contribution < -0.4 is 14.4 Å². The largest absolute Gasteiger partial charge is 0.465 e. The number of nitrogens with zero attached hydrogens (tertiary/aromatic N) is 1. The Kier molecular flexibility index (Phi) is 8.08. The molecular formula is C29H26N2O6S. The molecule has 0 aliphatic heterocycles. The van der Waals surface area contributed by atoms with Crippen LogP contribution in [-0.4, -0.2) is 33.9 Å². The van der Waals surface area contributed by atoms with E-state index in [1.165, 1.54) is 25.3 Å². The Morgan fingerprint density at radius 3 is 2.05 bits per heavy atom. The van der Waals surface area contributed by atoms with E-state index in [9.17, 15) is 18.0 Å². The number of esters is 1. The zero-order chi connectivity index (χ0) is 27.1. The highest BCUT2D eigenvalue weighted by Gasteiger charge is 2.27. The van der Waals surface area contributed by atoms with Gasteiger partial charge in [-0.1, -0.05) is 42.5 Å². The van der Waals surface area contributed by atoms with E-state index in [1.807, 2.05) is 30.3 Å². The third-order valence-corrected chi connectivity index (χ3v) is 7.44. The summed E-state index contributed by atoms with van der Waals surface area (Å²) in [6, 6.07) is 28.2. The maximum absolute atomic E-state index is 13.6. The van der Waals surface area contributed by atoms with Crippen molar-refractivity contribution in [3.05, 3.63) is 114 Å². The van der Waals surface area contributed by atoms with Gasteiger partial charge in [0.2, 0.25) is 5.91 Å². The van der Waals surface area contributed by atoms with E-state index < -0.39 is 28.4 Å². The number of carbonyl (C=O) groups is 2. The van der Waals surface area contributed by atoms with Gasteiger partial charge in [0.15, 0.2) is 0 Å². The number of anilines is 2. The van der Waals surface area contributed by atoms with Gasteiger partial charge in [-0.2, -0.15) is 0 Å². The molecule has 1 amide bonds. The van der Waals surface area contributed by atoms with Crippen LogP contribution in [0.4, 0.5) is 11.4 Å².